The molecule has 0 aliphatic carbocycles. The maximum Gasteiger partial charge on any atom is 0.273 e. The van der Waals surface area contributed by atoms with Crippen molar-refractivity contribution in [1.82, 2.24) is 14.5 Å². The van der Waals surface area contributed by atoms with E-state index in [0.29, 0.717) is 12.2 Å². The van der Waals surface area contributed by atoms with Gasteiger partial charge in [-0.3, -0.25) is 9.59 Å². The van der Waals surface area contributed by atoms with E-state index in [1.807, 2.05) is 24.3 Å². The van der Waals surface area contributed by atoms with Gasteiger partial charge in [0, 0.05) is 19.3 Å². The average Bonchev–Trinajstić information content (AvgIpc) is 2.85. The highest BCUT2D eigenvalue weighted by Crippen LogP contribution is 2.24. The number of carbonyl (C=O) groups is 2. The monoisotopic (exact) mass is 284 g/mol. The van der Waals surface area contributed by atoms with Crippen LogP contribution < -0.4 is 5.32 Å². The predicted molar refractivity (Wildman–Crippen MR) is 77.6 cm³/mol. The number of hydrogen-bond acceptors (Lipinski definition) is 3. The predicted octanol–water partition coefficient (Wildman–Crippen LogP) is 1.40. The zero-order valence-electron chi connectivity index (χ0n) is 11.9. The summed E-state index contributed by atoms with van der Waals surface area (Å²) in [5, 5.41) is 2.86. The van der Waals surface area contributed by atoms with Gasteiger partial charge in [-0.15, -0.1) is 0 Å². The van der Waals surface area contributed by atoms with E-state index in [-0.39, 0.29) is 11.8 Å². The van der Waals surface area contributed by atoms with Crippen molar-refractivity contribution in [2.24, 2.45) is 7.05 Å². The molecule has 6 heteroatoms. The molecule has 2 heterocycles. The van der Waals surface area contributed by atoms with Crippen LogP contribution in [-0.2, 0) is 18.4 Å². The Morgan fingerprint density at radius 2 is 2.14 bits per heavy atom. The van der Waals surface area contributed by atoms with Crippen molar-refractivity contribution in [2.45, 2.75) is 19.5 Å². The summed E-state index contributed by atoms with van der Waals surface area (Å²) in [7, 11) is 1.76. The van der Waals surface area contributed by atoms with Gasteiger partial charge < -0.3 is 14.8 Å². The molecule has 2 aromatic rings. The molecule has 0 saturated carbocycles. The lowest BCUT2D eigenvalue weighted by atomic mass is 10.1. The molecule has 1 aromatic heterocycles. The van der Waals surface area contributed by atoms with Crippen LogP contribution in [0.25, 0.3) is 0 Å². The van der Waals surface area contributed by atoms with Crippen molar-refractivity contribution < 1.29 is 9.59 Å². The highest BCUT2D eigenvalue weighted by Gasteiger charge is 2.31. The highest BCUT2D eigenvalue weighted by molar-refractivity contribution is 6.01. The third-order valence-corrected chi connectivity index (χ3v) is 3.76. The second-order valence-corrected chi connectivity index (χ2v) is 5.15. The summed E-state index contributed by atoms with van der Waals surface area (Å²) < 4.78 is 1.66. The topological polar surface area (TPSA) is 67.2 Å². The lowest BCUT2D eigenvalue weighted by Gasteiger charge is -2.25. The molecule has 0 fully saturated rings. The van der Waals surface area contributed by atoms with E-state index < -0.39 is 6.04 Å². The Morgan fingerprint density at radius 3 is 2.86 bits per heavy atom. The molecule has 1 aromatic carbocycles. The molecule has 0 saturated heterocycles. The van der Waals surface area contributed by atoms with Crippen molar-refractivity contribution in [1.29, 1.82) is 0 Å². The number of rotatable bonds is 1. The largest absolute Gasteiger partial charge is 0.330 e. The smallest absolute Gasteiger partial charge is 0.273 e. The van der Waals surface area contributed by atoms with E-state index in [9.17, 15) is 9.59 Å². The molecule has 1 N–H and O–H groups in total. The number of nitrogens with zero attached hydrogens (tertiary/aromatic N) is 3. The molecule has 0 bridgehead atoms. The Kier molecular flexibility index (Phi) is 3.21. The van der Waals surface area contributed by atoms with Crippen LogP contribution in [0.2, 0.25) is 0 Å². The van der Waals surface area contributed by atoms with Gasteiger partial charge in [-0.25, -0.2) is 4.98 Å². The molecule has 0 unspecified atom stereocenters. The Balaban J connectivity index is 2.00. The van der Waals surface area contributed by atoms with Crippen LogP contribution in [0.1, 0.15) is 23.0 Å². The van der Waals surface area contributed by atoms with Gasteiger partial charge in [-0.1, -0.05) is 18.2 Å². The maximum atomic E-state index is 12.7. The van der Waals surface area contributed by atoms with Crippen LogP contribution in [0.15, 0.2) is 36.8 Å². The van der Waals surface area contributed by atoms with Gasteiger partial charge in [0.25, 0.3) is 5.91 Å². The first kappa shape index (κ1) is 13.4. The fraction of sp³-hybridized carbons (Fsp3) is 0.267. The minimum Gasteiger partial charge on any atom is -0.330 e. The summed E-state index contributed by atoms with van der Waals surface area (Å²) in [4.78, 5) is 30.4. The van der Waals surface area contributed by atoms with Crippen molar-refractivity contribution >= 4 is 17.5 Å². The van der Waals surface area contributed by atoms with Crippen LogP contribution in [0.3, 0.4) is 0 Å². The zero-order valence-corrected chi connectivity index (χ0v) is 11.9. The Labute approximate surface area is 122 Å². The van der Waals surface area contributed by atoms with Gasteiger partial charge in [0.1, 0.15) is 11.7 Å². The van der Waals surface area contributed by atoms with Crippen LogP contribution >= 0.6 is 0 Å². The van der Waals surface area contributed by atoms with E-state index in [4.69, 9.17) is 0 Å². The quantitative estimate of drug-likeness (QED) is 0.860. The van der Waals surface area contributed by atoms with Crippen molar-refractivity contribution in [3.63, 3.8) is 0 Å². The summed E-state index contributed by atoms with van der Waals surface area (Å²) >= 11 is 0. The van der Waals surface area contributed by atoms with Crippen LogP contribution in [-0.4, -0.2) is 32.3 Å². The number of aryl methyl sites for hydroxylation is 1. The van der Waals surface area contributed by atoms with Crippen molar-refractivity contribution in [2.75, 3.05) is 5.32 Å². The number of fused-ring (bicyclic) bond motifs is 1. The molecule has 1 atom stereocenters. The first-order valence-corrected chi connectivity index (χ1v) is 6.74. The Hall–Kier alpha value is -2.63. The lowest BCUT2D eigenvalue weighted by molar-refractivity contribution is -0.120. The standard InChI is InChI=1S/C15H16N4O2/c1-10-14(20)17-12-6-4-3-5-11(12)8-19(10)15(21)13-7-16-9-18(13)2/h3-7,9-10H,8H2,1-2H3,(H,17,20)/t10-/m0/s1. The number of carbonyl (C=O) groups excluding carboxylic acids is 2. The molecule has 1 aliphatic heterocycles. The highest BCUT2D eigenvalue weighted by atomic mass is 16.2. The minimum atomic E-state index is -0.542. The summed E-state index contributed by atoms with van der Waals surface area (Å²) in [6.07, 6.45) is 3.09. The molecule has 0 spiro atoms. The number of hydrogen-bond donors (Lipinski definition) is 1. The molecule has 6 nitrogen and oxygen atoms in total. The number of aromatic nitrogens is 2. The minimum absolute atomic E-state index is 0.185. The Bertz CT molecular complexity index is 707. The SMILES string of the molecule is C[C@H]1C(=O)Nc2ccccc2CN1C(=O)c1cncn1C. The summed E-state index contributed by atoms with van der Waals surface area (Å²) in [5.41, 5.74) is 2.15. The van der Waals surface area contributed by atoms with Crippen LogP contribution in [0.5, 0.6) is 0 Å². The number of benzene rings is 1. The number of amides is 2. The van der Waals surface area contributed by atoms with Gasteiger partial charge >= 0.3 is 0 Å². The maximum absolute atomic E-state index is 12.7. The van der Waals surface area contributed by atoms with Crippen molar-refractivity contribution in [3.8, 4) is 0 Å². The van der Waals surface area contributed by atoms with Gasteiger partial charge in [0.2, 0.25) is 5.91 Å². The van der Waals surface area contributed by atoms with Crippen LogP contribution in [0, 0.1) is 0 Å². The fourth-order valence-corrected chi connectivity index (χ4v) is 2.44. The third kappa shape index (κ3) is 2.29. The van der Waals surface area contributed by atoms with Gasteiger partial charge in [0.15, 0.2) is 0 Å². The number of nitrogens with one attached hydrogen (secondary N) is 1. The normalized spacial score (nSPS) is 17.9. The molecule has 0 radical (unpaired) electrons. The van der Waals surface area contributed by atoms with E-state index in [1.165, 1.54) is 6.20 Å². The summed E-state index contributed by atoms with van der Waals surface area (Å²) in [6, 6.07) is 6.98. The van der Waals surface area contributed by atoms with E-state index in [2.05, 4.69) is 10.3 Å². The van der Waals surface area contributed by atoms with Gasteiger partial charge in [-0.2, -0.15) is 0 Å². The van der Waals surface area contributed by atoms with Crippen LogP contribution in [0.4, 0.5) is 5.69 Å². The van der Waals surface area contributed by atoms with E-state index in [0.717, 1.165) is 11.3 Å². The number of anilines is 1. The van der Waals surface area contributed by atoms with E-state index >= 15 is 0 Å². The number of imidazole rings is 1. The number of para-hydroxylation sites is 1. The average molecular weight is 284 g/mol. The zero-order chi connectivity index (χ0) is 15.0. The molecule has 3 rings (SSSR count). The second-order valence-electron chi connectivity index (χ2n) is 5.15. The first-order valence-electron chi connectivity index (χ1n) is 6.74. The summed E-state index contributed by atoms with van der Waals surface area (Å²) in [5.74, 6) is -0.384. The molecule has 2 amide bonds. The van der Waals surface area contributed by atoms with Gasteiger partial charge in [0.05, 0.1) is 12.5 Å². The Morgan fingerprint density at radius 1 is 1.38 bits per heavy atom. The fourth-order valence-electron chi connectivity index (χ4n) is 2.44. The molecule has 1 aliphatic rings. The molecular formula is C15H16N4O2. The van der Waals surface area contributed by atoms with Gasteiger partial charge in [-0.05, 0) is 18.6 Å². The second kappa shape index (κ2) is 5.05. The summed E-state index contributed by atoms with van der Waals surface area (Å²) in [6.45, 7) is 2.12. The van der Waals surface area contributed by atoms with E-state index in [1.54, 1.807) is 29.8 Å². The molecule has 21 heavy (non-hydrogen) atoms. The third-order valence-electron chi connectivity index (χ3n) is 3.76. The lowest BCUT2D eigenvalue weighted by Crippen LogP contribution is -2.43. The van der Waals surface area contributed by atoms with Crippen molar-refractivity contribution in [3.05, 3.63) is 48.0 Å². The molecular weight excluding hydrogens is 268 g/mol. The first-order chi connectivity index (χ1) is 10.1. The molecule has 108 valence electrons.